The largest absolute Gasteiger partial charge is 0.491 e. The normalized spacial score (nSPS) is 21.4. The number of ether oxygens (including phenoxy) is 1. The van der Waals surface area contributed by atoms with Crippen molar-refractivity contribution in [2.75, 3.05) is 26.7 Å². The molecule has 0 saturated heterocycles. The van der Waals surface area contributed by atoms with Crippen molar-refractivity contribution in [1.82, 2.24) is 20.9 Å². The number of carbonyl (C=O) groups excluding carboxylic acids is 4. The number of fused-ring (bicyclic) bond motifs is 1. The van der Waals surface area contributed by atoms with E-state index in [1.54, 1.807) is 31.3 Å². The van der Waals surface area contributed by atoms with E-state index in [0.717, 1.165) is 18.4 Å². The predicted octanol–water partition coefficient (Wildman–Crippen LogP) is 1.67. The average Bonchev–Trinajstić information content (AvgIpc) is 3.73. The van der Waals surface area contributed by atoms with Crippen LogP contribution in [0.15, 0.2) is 54.6 Å². The molecule has 1 aliphatic carbocycles. The minimum atomic E-state index is -0.902. The quantitative estimate of drug-likeness (QED) is 0.571. The lowest BCUT2D eigenvalue weighted by atomic mass is 10.0. The molecule has 1 heterocycles. The lowest BCUT2D eigenvalue weighted by Gasteiger charge is -2.25. The zero-order valence-electron chi connectivity index (χ0n) is 21.1. The van der Waals surface area contributed by atoms with E-state index in [0.29, 0.717) is 24.6 Å². The Morgan fingerprint density at radius 1 is 1.00 bits per heavy atom. The maximum Gasteiger partial charge on any atom is 0.255 e. The molecule has 3 N–H and O–H groups in total. The van der Waals surface area contributed by atoms with Crippen LogP contribution in [0.25, 0.3) is 0 Å². The van der Waals surface area contributed by atoms with Crippen LogP contribution in [0.4, 0.5) is 0 Å². The maximum absolute atomic E-state index is 13.3. The highest BCUT2D eigenvalue weighted by Gasteiger charge is 2.29. The minimum Gasteiger partial charge on any atom is -0.491 e. The van der Waals surface area contributed by atoms with E-state index in [1.807, 2.05) is 30.3 Å². The molecule has 0 aromatic heterocycles. The summed E-state index contributed by atoms with van der Waals surface area (Å²) < 4.78 is 5.87. The molecule has 4 amide bonds. The van der Waals surface area contributed by atoms with Gasteiger partial charge in [0, 0.05) is 26.4 Å². The van der Waals surface area contributed by atoms with E-state index in [4.69, 9.17) is 4.74 Å². The first-order valence-corrected chi connectivity index (χ1v) is 12.8. The van der Waals surface area contributed by atoms with Crippen LogP contribution < -0.4 is 20.7 Å². The van der Waals surface area contributed by atoms with Crippen molar-refractivity contribution in [3.8, 4) is 5.75 Å². The molecule has 1 fully saturated rings. The zero-order valence-corrected chi connectivity index (χ0v) is 21.1. The lowest BCUT2D eigenvalue weighted by Crippen LogP contribution is -2.50. The summed E-state index contributed by atoms with van der Waals surface area (Å²) >= 11 is 0. The van der Waals surface area contributed by atoms with Crippen LogP contribution in [0.3, 0.4) is 0 Å². The third-order valence-electron chi connectivity index (χ3n) is 6.65. The van der Waals surface area contributed by atoms with E-state index in [-0.39, 0.29) is 49.3 Å². The van der Waals surface area contributed by atoms with Gasteiger partial charge in [0.2, 0.25) is 17.7 Å². The number of amides is 4. The second-order valence-electron chi connectivity index (χ2n) is 9.67. The molecule has 196 valence electrons. The summed E-state index contributed by atoms with van der Waals surface area (Å²) in [7, 11) is 1.66. The van der Waals surface area contributed by atoms with Crippen LogP contribution in [-0.4, -0.2) is 67.4 Å². The number of nitrogens with one attached hydrogen (secondary N) is 3. The highest BCUT2D eigenvalue weighted by atomic mass is 16.5. The second-order valence-corrected chi connectivity index (χ2v) is 9.67. The smallest absolute Gasteiger partial charge is 0.255 e. The van der Waals surface area contributed by atoms with Crippen LogP contribution in [0.2, 0.25) is 0 Å². The third kappa shape index (κ3) is 7.55. The molecule has 2 aromatic carbocycles. The Balaban J connectivity index is 1.55. The van der Waals surface area contributed by atoms with E-state index in [2.05, 4.69) is 16.0 Å². The van der Waals surface area contributed by atoms with Crippen LogP contribution in [-0.2, 0) is 20.8 Å². The molecule has 0 spiro atoms. The first-order chi connectivity index (χ1) is 17.9. The number of para-hydroxylation sites is 1. The fourth-order valence-corrected chi connectivity index (χ4v) is 4.24. The molecule has 0 radical (unpaired) electrons. The van der Waals surface area contributed by atoms with Gasteiger partial charge in [-0.1, -0.05) is 42.5 Å². The number of nitrogens with zero attached hydrogens (tertiary/aromatic N) is 1. The van der Waals surface area contributed by atoms with Gasteiger partial charge in [-0.2, -0.15) is 0 Å². The van der Waals surface area contributed by atoms with Gasteiger partial charge in [0.05, 0.1) is 12.1 Å². The first kappa shape index (κ1) is 26.2. The lowest BCUT2D eigenvalue weighted by molar-refractivity contribution is -0.135. The van der Waals surface area contributed by atoms with Gasteiger partial charge in [-0.05, 0) is 42.9 Å². The van der Waals surface area contributed by atoms with Gasteiger partial charge < -0.3 is 25.6 Å². The van der Waals surface area contributed by atoms with Crippen molar-refractivity contribution in [3.05, 3.63) is 65.7 Å². The Bertz CT molecular complexity index is 1120. The van der Waals surface area contributed by atoms with Gasteiger partial charge in [0.15, 0.2) is 0 Å². The molecule has 9 heteroatoms. The molecule has 1 aliphatic heterocycles. The van der Waals surface area contributed by atoms with Gasteiger partial charge in [-0.25, -0.2) is 0 Å². The maximum atomic E-state index is 13.3. The molecule has 0 unspecified atom stereocenters. The van der Waals surface area contributed by atoms with Crippen LogP contribution in [0.1, 0.15) is 41.6 Å². The van der Waals surface area contributed by atoms with E-state index in [1.165, 1.54) is 4.90 Å². The van der Waals surface area contributed by atoms with Crippen molar-refractivity contribution < 1.29 is 23.9 Å². The summed E-state index contributed by atoms with van der Waals surface area (Å²) in [6.07, 6.45) is 2.56. The van der Waals surface area contributed by atoms with Crippen LogP contribution in [0, 0.1) is 5.92 Å². The first-order valence-electron chi connectivity index (χ1n) is 12.8. The molecule has 37 heavy (non-hydrogen) atoms. The summed E-state index contributed by atoms with van der Waals surface area (Å²) in [5, 5.41) is 8.53. The molecule has 1 saturated carbocycles. The molecule has 2 aromatic rings. The van der Waals surface area contributed by atoms with E-state index >= 15 is 0 Å². The molecule has 4 rings (SSSR count). The molecular formula is C28H34N4O5. The van der Waals surface area contributed by atoms with Gasteiger partial charge >= 0.3 is 0 Å². The Kier molecular flexibility index (Phi) is 8.77. The van der Waals surface area contributed by atoms with E-state index in [9.17, 15) is 19.2 Å². The number of hydrogen-bond donors (Lipinski definition) is 3. The van der Waals surface area contributed by atoms with Crippen molar-refractivity contribution in [1.29, 1.82) is 0 Å². The predicted molar refractivity (Wildman–Crippen MR) is 138 cm³/mol. The average molecular weight is 507 g/mol. The second kappa shape index (κ2) is 12.4. The summed E-state index contributed by atoms with van der Waals surface area (Å²) in [5.41, 5.74) is 1.21. The Hall–Kier alpha value is -3.88. The summed E-state index contributed by atoms with van der Waals surface area (Å²) in [6.45, 7) is 0.975. The fourth-order valence-electron chi connectivity index (χ4n) is 4.24. The topological polar surface area (TPSA) is 117 Å². The van der Waals surface area contributed by atoms with Crippen LogP contribution >= 0.6 is 0 Å². The van der Waals surface area contributed by atoms with Gasteiger partial charge in [-0.3, -0.25) is 19.2 Å². The molecule has 2 aliphatic rings. The Morgan fingerprint density at radius 3 is 2.49 bits per heavy atom. The standard InChI is InChI=1S/C28H34N4O5/c1-32-15-16-37-24-10-6-5-9-21(24)26(34)31-22(27(35)29-18-20-11-12-20)13-14-25(33)30-23(28(32)36)17-19-7-3-2-4-8-19/h2-10,20,22-23H,11-18H2,1H3,(H,29,35)(H,30,33)(H,31,34)/t22-,23-/m0/s1. The molecular weight excluding hydrogens is 472 g/mol. The fraction of sp³-hybridized carbons (Fsp3) is 0.429. The van der Waals surface area contributed by atoms with Gasteiger partial charge in [-0.15, -0.1) is 0 Å². The number of carbonyl (C=O) groups is 4. The number of hydrogen-bond acceptors (Lipinski definition) is 5. The van der Waals surface area contributed by atoms with Crippen molar-refractivity contribution in [2.45, 2.75) is 44.2 Å². The Labute approximate surface area is 216 Å². The SMILES string of the molecule is CN1CCOc2ccccc2C(=O)N[C@H](C(=O)NCC2CC2)CCC(=O)N[C@@H](Cc2ccccc2)C1=O. The van der Waals surface area contributed by atoms with Crippen molar-refractivity contribution >= 4 is 23.6 Å². The number of benzene rings is 2. The number of likely N-dealkylation sites (N-methyl/N-ethyl adjacent to an activating group) is 1. The summed E-state index contributed by atoms with van der Waals surface area (Å²) in [6, 6.07) is 14.6. The van der Waals surface area contributed by atoms with Crippen molar-refractivity contribution in [2.24, 2.45) is 5.92 Å². The van der Waals surface area contributed by atoms with Gasteiger partial charge in [0.1, 0.15) is 24.4 Å². The highest BCUT2D eigenvalue weighted by Crippen LogP contribution is 2.27. The summed E-state index contributed by atoms with van der Waals surface area (Å²) in [4.78, 5) is 53.8. The molecule has 0 bridgehead atoms. The van der Waals surface area contributed by atoms with E-state index < -0.39 is 18.0 Å². The van der Waals surface area contributed by atoms with Crippen LogP contribution in [0.5, 0.6) is 5.75 Å². The zero-order chi connectivity index (χ0) is 26.2. The minimum absolute atomic E-state index is 0.0256. The summed E-state index contributed by atoms with van der Waals surface area (Å²) in [5.74, 6) is -0.541. The molecule has 2 atom stereocenters. The molecule has 9 nitrogen and oxygen atoms in total. The monoisotopic (exact) mass is 506 g/mol. The van der Waals surface area contributed by atoms with Crippen molar-refractivity contribution in [3.63, 3.8) is 0 Å². The Morgan fingerprint density at radius 2 is 1.73 bits per heavy atom. The van der Waals surface area contributed by atoms with Gasteiger partial charge in [0.25, 0.3) is 5.91 Å². The highest BCUT2D eigenvalue weighted by molar-refractivity contribution is 5.99. The third-order valence-corrected chi connectivity index (χ3v) is 6.65. The number of rotatable bonds is 5.